The van der Waals surface area contributed by atoms with Crippen LogP contribution in [0.25, 0.3) is 0 Å². The SMILES string of the molecule is CC(N1CCC(O)CC1)C(C)(C)C1CCNCC1. The van der Waals surface area contributed by atoms with Gasteiger partial charge in [-0.1, -0.05) is 13.8 Å². The van der Waals surface area contributed by atoms with Crippen LogP contribution >= 0.6 is 0 Å². The first kappa shape index (κ1) is 14.3. The number of piperidine rings is 2. The Morgan fingerprint density at radius 2 is 1.67 bits per heavy atom. The van der Waals surface area contributed by atoms with Gasteiger partial charge in [0.25, 0.3) is 0 Å². The molecular formula is C15H30N2O. The van der Waals surface area contributed by atoms with Crippen LogP contribution in [0.3, 0.4) is 0 Å². The number of nitrogens with zero attached hydrogens (tertiary/aromatic N) is 1. The number of aliphatic hydroxyl groups is 1. The van der Waals surface area contributed by atoms with Crippen molar-refractivity contribution >= 4 is 0 Å². The molecule has 0 aromatic rings. The Balaban J connectivity index is 1.95. The molecule has 0 aromatic heterocycles. The highest BCUT2D eigenvalue weighted by atomic mass is 16.3. The molecule has 3 nitrogen and oxygen atoms in total. The highest BCUT2D eigenvalue weighted by Gasteiger charge is 2.38. The number of likely N-dealkylation sites (tertiary alicyclic amines) is 1. The van der Waals surface area contributed by atoms with Gasteiger partial charge in [-0.25, -0.2) is 0 Å². The molecule has 2 aliphatic rings. The van der Waals surface area contributed by atoms with Gasteiger partial charge in [0.1, 0.15) is 0 Å². The minimum absolute atomic E-state index is 0.0598. The van der Waals surface area contributed by atoms with E-state index in [-0.39, 0.29) is 6.10 Å². The molecule has 1 unspecified atom stereocenters. The third-order valence-electron chi connectivity index (χ3n) is 5.51. The minimum Gasteiger partial charge on any atom is -0.393 e. The topological polar surface area (TPSA) is 35.5 Å². The van der Waals surface area contributed by atoms with Crippen molar-refractivity contribution in [2.75, 3.05) is 26.2 Å². The van der Waals surface area contributed by atoms with Crippen molar-refractivity contribution in [1.82, 2.24) is 10.2 Å². The number of nitrogens with one attached hydrogen (secondary N) is 1. The summed E-state index contributed by atoms with van der Waals surface area (Å²) in [6.07, 6.45) is 4.47. The third-order valence-corrected chi connectivity index (χ3v) is 5.51. The van der Waals surface area contributed by atoms with Crippen LogP contribution in [0.2, 0.25) is 0 Å². The van der Waals surface area contributed by atoms with Crippen molar-refractivity contribution in [1.29, 1.82) is 0 Å². The number of aliphatic hydroxyl groups excluding tert-OH is 1. The largest absolute Gasteiger partial charge is 0.393 e. The van der Waals surface area contributed by atoms with Gasteiger partial charge in [0, 0.05) is 19.1 Å². The maximum absolute atomic E-state index is 9.63. The molecule has 106 valence electrons. The van der Waals surface area contributed by atoms with E-state index in [1.807, 2.05) is 0 Å². The van der Waals surface area contributed by atoms with E-state index >= 15 is 0 Å². The molecule has 1 atom stereocenters. The molecular weight excluding hydrogens is 224 g/mol. The summed E-state index contributed by atoms with van der Waals surface area (Å²) in [6.45, 7) is 11.8. The van der Waals surface area contributed by atoms with E-state index in [0.717, 1.165) is 31.8 Å². The van der Waals surface area contributed by atoms with Crippen molar-refractivity contribution in [2.24, 2.45) is 11.3 Å². The summed E-state index contributed by atoms with van der Waals surface area (Å²) >= 11 is 0. The zero-order valence-corrected chi connectivity index (χ0v) is 12.3. The molecule has 0 aromatic carbocycles. The van der Waals surface area contributed by atoms with Crippen molar-refractivity contribution in [3.05, 3.63) is 0 Å². The quantitative estimate of drug-likeness (QED) is 0.807. The van der Waals surface area contributed by atoms with Crippen LogP contribution in [0, 0.1) is 11.3 Å². The maximum atomic E-state index is 9.63. The number of rotatable bonds is 3. The fourth-order valence-corrected chi connectivity index (χ4v) is 3.65. The molecule has 0 spiro atoms. The van der Waals surface area contributed by atoms with Crippen molar-refractivity contribution in [3.8, 4) is 0 Å². The van der Waals surface area contributed by atoms with E-state index in [4.69, 9.17) is 0 Å². The summed E-state index contributed by atoms with van der Waals surface area (Å²) in [7, 11) is 0. The Hall–Kier alpha value is -0.120. The lowest BCUT2D eigenvalue weighted by molar-refractivity contribution is -0.000287. The molecule has 0 amide bonds. The Morgan fingerprint density at radius 3 is 2.22 bits per heavy atom. The third kappa shape index (κ3) is 3.06. The fraction of sp³-hybridized carbons (Fsp3) is 1.00. The van der Waals surface area contributed by atoms with Crippen molar-refractivity contribution < 1.29 is 5.11 Å². The Kier molecular flexibility index (Phi) is 4.68. The molecule has 2 aliphatic heterocycles. The fourth-order valence-electron chi connectivity index (χ4n) is 3.65. The zero-order chi connectivity index (χ0) is 13.2. The first-order valence-electron chi connectivity index (χ1n) is 7.64. The molecule has 0 radical (unpaired) electrons. The Morgan fingerprint density at radius 1 is 1.11 bits per heavy atom. The van der Waals surface area contributed by atoms with Crippen molar-refractivity contribution in [3.63, 3.8) is 0 Å². The van der Waals surface area contributed by atoms with Crippen LogP contribution in [0.1, 0.15) is 46.5 Å². The summed E-state index contributed by atoms with van der Waals surface area (Å²) in [5.41, 5.74) is 0.379. The molecule has 0 saturated carbocycles. The average Bonchev–Trinajstić information content (AvgIpc) is 2.40. The Labute approximate surface area is 112 Å². The van der Waals surface area contributed by atoms with E-state index < -0.39 is 0 Å². The van der Waals surface area contributed by atoms with E-state index in [2.05, 4.69) is 31.0 Å². The van der Waals surface area contributed by atoms with E-state index in [9.17, 15) is 5.11 Å². The molecule has 0 aliphatic carbocycles. The highest BCUT2D eigenvalue weighted by molar-refractivity contribution is 4.92. The monoisotopic (exact) mass is 254 g/mol. The van der Waals surface area contributed by atoms with Crippen LogP contribution in [-0.2, 0) is 0 Å². The summed E-state index contributed by atoms with van der Waals surface area (Å²) in [5, 5.41) is 13.1. The minimum atomic E-state index is -0.0598. The van der Waals surface area contributed by atoms with E-state index in [1.54, 1.807) is 0 Å². The van der Waals surface area contributed by atoms with Crippen LogP contribution in [0.15, 0.2) is 0 Å². The van der Waals surface area contributed by atoms with Crippen LogP contribution in [0.5, 0.6) is 0 Å². The van der Waals surface area contributed by atoms with Gasteiger partial charge in [-0.15, -0.1) is 0 Å². The first-order valence-corrected chi connectivity index (χ1v) is 7.64. The molecule has 18 heavy (non-hydrogen) atoms. The van der Waals surface area contributed by atoms with E-state index in [0.29, 0.717) is 11.5 Å². The second-order valence-corrected chi connectivity index (χ2v) is 6.79. The van der Waals surface area contributed by atoms with Gasteiger partial charge in [-0.05, 0) is 57.0 Å². The van der Waals surface area contributed by atoms with Crippen LogP contribution < -0.4 is 5.32 Å². The highest BCUT2D eigenvalue weighted by Crippen LogP contribution is 2.39. The van der Waals surface area contributed by atoms with Gasteiger partial charge in [-0.2, -0.15) is 0 Å². The Bertz CT molecular complexity index is 253. The maximum Gasteiger partial charge on any atom is 0.0564 e. The molecule has 0 bridgehead atoms. The normalized spacial score (nSPS) is 27.3. The second kappa shape index (κ2) is 5.89. The predicted molar refractivity (Wildman–Crippen MR) is 75.7 cm³/mol. The first-order chi connectivity index (χ1) is 8.51. The van der Waals surface area contributed by atoms with Crippen LogP contribution in [0.4, 0.5) is 0 Å². The van der Waals surface area contributed by atoms with Gasteiger partial charge in [0.2, 0.25) is 0 Å². The lowest BCUT2D eigenvalue weighted by atomic mass is 9.69. The van der Waals surface area contributed by atoms with Gasteiger partial charge in [0.15, 0.2) is 0 Å². The smallest absolute Gasteiger partial charge is 0.0564 e. The molecule has 3 heteroatoms. The molecule has 2 fully saturated rings. The van der Waals surface area contributed by atoms with Gasteiger partial charge in [-0.3, -0.25) is 4.90 Å². The van der Waals surface area contributed by atoms with Gasteiger partial charge in [0.05, 0.1) is 6.10 Å². The molecule has 2 N–H and O–H groups in total. The predicted octanol–water partition coefficient (Wildman–Crippen LogP) is 1.86. The summed E-state index contributed by atoms with van der Waals surface area (Å²) in [6, 6.07) is 0.619. The summed E-state index contributed by atoms with van der Waals surface area (Å²) in [4.78, 5) is 2.59. The van der Waals surface area contributed by atoms with Gasteiger partial charge < -0.3 is 10.4 Å². The zero-order valence-electron chi connectivity index (χ0n) is 12.3. The summed E-state index contributed by atoms with van der Waals surface area (Å²) < 4.78 is 0. The standard InChI is InChI=1S/C15H30N2O/c1-12(17-10-6-14(18)7-11-17)15(2,3)13-4-8-16-9-5-13/h12-14,16,18H,4-11H2,1-3H3. The molecule has 2 heterocycles. The van der Waals surface area contributed by atoms with Crippen LogP contribution in [-0.4, -0.2) is 48.3 Å². The molecule has 2 saturated heterocycles. The van der Waals surface area contributed by atoms with Gasteiger partial charge >= 0.3 is 0 Å². The van der Waals surface area contributed by atoms with E-state index in [1.165, 1.54) is 25.9 Å². The average molecular weight is 254 g/mol. The lowest BCUT2D eigenvalue weighted by Gasteiger charge is -2.47. The number of hydrogen-bond donors (Lipinski definition) is 2. The number of hydrogen-bond acceptors (Lipinski definition) is 3. The second-order valence-electron chi connectivity index (χ2n) is 6.79. The summed E-state index contributed by atoms with van der Waals surface area (Å²) in [5.74, 6) is 0.834. The lowest BCUT2D eigenvalue weighted by Crippen LogP contribution is -2.51. The van der Waals surface area contributed by atoms with Crippen molar-refractivity contribution in [2.45, 2.75) is 58.6 Å². The molecule has 2 rings (SSSR count).